The second kappa shape index (κ2) is 7.52. The van der Waals surface area contributed by atoms with Gasteiger partial charge in [-0.05, 0) is 38.5 Å². The predicted molar refractivity (Wildman–Crippen MR) is 80.1 cm³/mol. The Kier molecular flexibility index (Phi) is 5.70. The molecule has 0 radical (unpaired) electrons. The van der Waals surface area contributed by atoms with Gasteiger partial charge in [0.15, 0.2) is 0 Å². The average molecular weight is 297 g/mol. The Morgan fingerprint density at radius 3 is 2.43 bits per heavy atom. The maximum atomic E-state index is 12.1. The van der Waals surface area contributed by atoms with E-state index in [-0.39, 0.29) is 18.2 Å². The third-order valence-corrected chi connectivity index (χ3v) is 4.45. The van der Waals surface area contributed by atoms with Gasteiger partial charge in [-0.2, -0.15) is 0 Å². The second-order valence-electron chi connectivity index (χ2n) is 6.09. The van der Waals surface area contributed by atoms with Crippen molar-refractivity contribution in [2.45, 2.75) is 45.1 Å². The smallest absolute Gasteiger partial charge is 0.409 e. The fourth-order valence-electron chi connectivity index (χ4n) is 2.85. The van der Waals surface area contributed by atoms with E-state index in [0.717, 1.165) is 19.4 Å². The van der Waals surface area contributed by atoms with Gasteiger partial charge in [0.05, 0.1) is 6.61 Å². The number of urea groups is 1. The van der Waals surface area contributed by atoms with Crippen molar-refractivity contribution in [2.75, 3.05) is 33.3 Å². The molecule has 6 nitrogen and oxygen atoms in total. The number of carbonyl (C=O) groups is 2. The zero-order valence-electron chi connectivity index (χ0n) is 13.1. The Morgan fingerprint density at radius 2 is 1.90 bits per heavy atom. The zero-order valence-corrected chi connectivity index (χ0v) is 13.1. The highest BCUT2D eigenvalue weighted by Crippen LogP contribution is 2.26. The summed E-state index contributed by atoms with van der Waals surface area (Å²) in [7, 11) is 1.86. The lowest BCUT2D eigenvalue weighted by Crippen LogP contribution is -2.50. The number of rotatable bonds is 4. The van der Waals surface area contributed by atoms with Crippen LogP contribution in [0.4, 0.5) is 9.59 Å². The highest BCUT2D eigenvalue weighted by molar-refractivity contribution is 5.74. The lowest BCUT2D eigenvalue weighted by Gasteiger charge is -2.34. The first-order valence-corrected chi connectivity index (χ1v) is 8.03. The Labute approximate surface area is 126 Å². The molecular weight excluding hydrogens is 270 g/mol. The van der Waals surface area contributed by atoms with Crippen LogP contribution in [0.5, 0.6) is 0 Å². The van der Waals surface area contributed by atoms with Crippen molar-refractivity contribution in [1.29, 1.82) is 0 Å². The minimum absolute atomic E-state index is 0.0106. The predicted octanol–water partition coefficient (Wildman–Crippen LogP) is 2.05. The Bertz CT molecular complexity index is 363. The summed E-state index contributed by atoms with van der Waals surface area (Å²) < 4.78 is 4.99. The van der Waals surface area contributed by atoms with Gasteiger partial charge in [0.1, 0.15) is 0 Å². The summed E-state index contributed by atoms with van der Waals surface area (Å²) in [6.45, 7) is 4.37. The molecule has 21 heavy (non-hydrogen) atoms. The van der Waals surface area contributed by atoms with Crippen molar-refractivity contribution in [1.82, 2.24) is 15.1 Å². The summed E-state index contributed by atoms with van der Waals surface area (Å²) in [5.74, 6) is 0.686. The van der Waals surface area contributed by atoms with Crippen molar-refractivity contribution in [3.8, 4) is 0 Å². The van der Waals surface area contributed by atoms with E-state index in [0.29, 0.717) is 25.6 Å². The molecule has 0 atom stereocenters. The lowest BCUT2D eigenvalue weighted by molar-refractivity contribution is 0.0950. The molecule has 1 aliphatic heterocycles. The number of likely N-dealkylation sites (tertiary alicyclic amines) is 1. The quantitative estimate of drug-likeness (QED) is 0.864. The number of nitrogens with zero attached hydrogens (tertiary/aromatic N) is 2. The minimum atomic E-state index is -0.246. The van der Waals surface area contributed by atoms with E-state index in [4.69, 9.17) is 4.74 Å². The topological polar surface area (TPSA) is 61.9 Å². The van der Waals surface area contributed by atoms with E-state index in [1.807, 2.05) is 14.0 Å². The first-order chi connectivity index (χ1) is 10.1. The monoisotopic (exact) mass is 297 g/mol. The van der Waals surface area contributed by atoms with Gasteiger partial charge < -0.3 is 19.9 Å². The van der Waals surface area contributed by atoms with Crippen LogP contribution in [0, 0.1) is 5.92 Å². The van der Waals surface area contributed by atoms with E-state index >= 15 is 0 Å². The molecule has 2 fully saturated rings. The molecule has 0 aromatic heterocycles. The van der Waals surface area contributed by atoms with Crippen molar-refractivity contribution >= 4 is 12.1 Å². The molecule has 0 unspecified atom stereocenters. The van der Waals surface area contributed by atoms with Crippen molar-refractivity contribution < 1.29 is 14.3 Å². The Morgan fingerprint density at radius 1 is 1.24 bits per heavy atom. The molecular formula is C15H27N3O3. The molecule has 0 spiro atoms. The molecule has 6 heteroatoms. The molecule has 0 bridgehead atoms. The molecule has 1 saturated heterocycles. The fraction of sp³-hybridized carbons (Fsp3) is 0.867. The Hall–Kier alpha value is -1.46. The minimum Gasteiger partial charge on any atom is -0.450 e. The van der Waals surface area contributed by atoms with Crippen LogP contribution in [0.15, 0.2) is 0 Å². The van der Waals surface area contributed by atoms with E-state index < -0.39 is 0 Å². The standard InChI is InChI=1S/C15H27N3O3/c1-3-21-15(20)18-9-7-13(8-10-18)16-14(19)17(2)11-12-5-4-6-12/h12-13H,3-11H2,1-2H3,(H,16,19). The number of hydrogen-bond donors (Lipinski definition) is 1. The van der Waals surface area contributed by atoms with E-state index in [1.165, 1.54) is 19.3 Å². The van der Waals surface area contributed by atoms with Crippen LogP contribution in [-0.2, 0) is 4.74 Å². The molecule has 2 aliphatic rings. The molecule has 2 rings (SSSR count). The van der Waals surface area contributed by atoms with Gasteiger partial charge in [-0.15, -0.1) is 0 Å². The number of nitrogens with one attached hydrogen (secondary N) is 1. The lowest BCUT2D eigenvalue weighted by atomic mass is 9.85. The summed E-state index contributed by atoms with van der Waals surface area (Å²) in [6, 6.07) is 0.170. The zero-order chi connectivity index (χ0) is 15.2. The first-order valence-electron chi connectivity index (χ1n) is 8.03. The number of ether oxygens (including phenoxy) is 1. The molecule has 1 aliphatic carbocycles. The van der Waals surface area contributed by atoms with Crippen LogP contribution in [-0.4, -0.2) is 61.3 Å². The van der Waals surface area contributed by atoms with Gasteiger partial charge in [-0.1, -0.05) is 6.42 Å². The largest absolute Gasteiger partial charge is 0.450 e. The van der Waals surface area contributed by atoms with Crippen LogP contribution in [0.2, 0.25) is 0 Å². The summed E-state index contributed by atoms with van der Waals surface area (Å²) in [4.78, 5) is 27.2. The Balaban J connectivity index is 1.67. The molecule has 120 valence electrons. The van der Waals surface area contributed by atoms with Crippen LogP contribution in [0.3, 0.4) is 0 Å². The fourth-order valence-corrected chi connectivity index (χ4v) is 2.85. The normalized spacial score (nSPS) is 19.8. The van der Waals surface area contributed by atoms with Crippen LogP contribution in [0.25, 0.3) is 0 Å². The summed E-state index contributed by atoms with van der Waals surface area (Å²) >= 11 is 0. The van der Waals surface area contributed by atoms with Gasteiger partial charge in [-0.25, -0.2) is 9.59 Å². The van der Waals surface area contributed by atoms with Crippen LogP contribution < -0.4 is 5.32 Å². The molecule has 1 N–H and O–H groups in total. The molecule has 3 amide bonds. The van der Waals surface area contributed by atoms with E-state index in [9.17, 15) is 9.59 Å². The highest BCUT2D eigenvalue weighted by atomic mass is 16.6. The summed E-state index contributed by atoms with van der Waals surface area (Å²) in [6.07, 6.45) is 5.13. The number of piperidine rings is 1. The summed E-state index contributed by atoms with van der Waals surface area (Å²) in [5, 5.41) is 3.07. The summed E-state index contributed by atoms with van der Waals surface area (Å²) in [5.41, 5.74) is 0. The van der Waals surface area contributed by atoms with Crippen molar-refractivity contribution in [2.24, 2.45) is 5.92 Å². The number of amides is 3. The third kappa shape index (κ3) is 4.51. The average Bonchev–Trinajstić information content (AvgIpc) is 2.43. The maximum absolute atomic E-state index is 12.1. The van der Waals surface area contributed by atoms with Gasteiger partial charge in [-0.3, -0.25) is 0 Å². The van der Waals surface area contributed by atoms with E-state index in [2.05, 4.69) is 5.32 Å². The van der Waals surface area contributed by atoms with Crippen molar-refractivity contribution in [3.05, 3.63) is 0 Å². The van der Waals surface area contributed by atoms with Crippen molar-refractivity contribution in [3.63, 3.8) is 0 Å². The highest BCUT2D eigenvalue weighted by Gasteiger charge is 2.26. The van der Waals surface area contributed by atoms with Crippen LogP contribution >= 0.6 is 0 Å². The van der Waals surface area contributed by atoms with Gasteiger partial charge in [0.2, 0.25) is 0 Å². The van der Waals surface area contributed by atoms with E-state index in [1.54, 1.807) is 9.80 Å². The van der Waals surface area contributed by atoms with Gasteiger partial charge in [0.25, 0.3) is 0 Å². The number of carbonyl (C=O) groups excluding carboxylic acids is 2. The molecule has 1 saturated carbocycles. The second-order valence-corrected chi connectivity index (χ2v) is 6.09. The van der Waals surface area contributed by atoms with Crippen LogP contribution in [0.1, 0.15) is 39.0 Å². The molecule has 1 heterocycles. The number of hydrogen-bond acceptors (Lipinski definition) is 3. The molecule has 0 aromatic carbocycles. The van der Waals surface area contributed by atoms with Gasteiger partial charge in [0, 0.05) is 32.7 Å². The first kappa shape index (κ1) is 15.9. The SMILES string of the molecule is CCOC(=O)N1CCC(NC(=O)N(C)CC2CCC2)CC1. The maximum Gasteiger partial charge on any atom is 0.409 e. The third-order valence-electron chi connectivity index (χ3n) is 4.45. The van der Waals surface area contributed by atoms with Gasteiger partial charge >= 0.3 is 12.1 Å². The molecule has 0 aromatic rings.